The first-order valence-electron chi connectivity index (χ1n) is 11.3. The van der Waals surface area contributed by atoms with E-state index in [-0.39, 0.29) is 51.4 Å². The summed E-state index contributed by atoms with van der Waals surface area (Å²) < 4.78 is 0. The number of carbonyl (C=O) groups excluding carboxylic acids is 1. The predicted molar refractivity (Wildman–Crippen MR) is 120 cm³/mol. The molecule has 0 spiro atoms. The summed E-state index contributed by atoms with van der Waals surface area (Å²) in [6, 6.07) is 12.4. The summed E-state index contributed by atoms with van der Waals surface area (Å²) in [4.78, 5) is 14.3. The van der Waals surface area contributed by atoms with E-state index in [0.29, 0.717) is 12.0 Å². The number of unbranched alkanes of at least 4 members (excludes halogenated alkanes) is 9. The summed E-state index contributed by atoms with van der Waals surface area (Å²) in [5.74, 6) is -1.02. The third-order valence-corrected chi connectivity index (χ3v) is 7.14. The van der Waals surface area contributed by atoms with Crippen molar-refractivity contribution >= 4 is 17.7 Å². The monoisotopic (exact) mass is 448 g/mol. The first-order valence-corrected chi connectivity index (χ1v) is 12.1. The number of rotatable bonds is 12. The largest absolute Gasteiger partial charge is 1.00 e. The number of carbonyl (C=O) groups is 1. The molecule has 0 amide bonds. The third-order valence-electron chi connectivity index (χ3n) is 5.92. The molecule has 30 heavy (non-hydrogen) atoms. The Morgan fingerprint density at radius 1 is 0.867 bits per heavy atom. The maximum absolute atomic E-state index is 12.0. The fourth-order valence-corrected chi connectivity index (χ4v) is 5.36. The summed E-state index contributed by atoms with van der Waals surface area (Å²) in [7, 11) is 0. The van der Waals surface area contributed by atoms with Gasteiger partial charge >= 0.3 is 51.4 Å². The molecule has 1 aliphatic rings. The Bertz CT molecular complexity index is 819. The molecule has 0 fully saturated rings. The van der Waals surface area contributed by atoms with Gasteiger partial charge in [0, 0.05) is 21.8 Å². The van der Waals surface area contributed by atoms with Gasteiger partial charge in [-0.05, 0) is 41.7 Å². The molecule has 1 aliphatic heterocycles. The number of benzene rings is 2. The maximum atomic E-state index is 12.0. The van der Waals surface area contributed by atoms with E-state index in [1.165, 1.54) is 68.2 Å². The van der Waals surface area contributed by atoms with E-state index in [1.807, 2.05) is 18.2 Å². The van der Waals surface area contributed by atoms with Crippen molar-refractivity contribution in [2.45, 2.75) is 93.8 Å². The minimum Gasteiger partial charge on any atom is -0.545 e. The molecule has 2 nitrogen and oxygen atoms in total. The minimum absolute atomic E-state index is 0. The summed E-state index contributed by atoms with van der Waals surface area (Å²) in [5.41, 5.74) is 3.55. The molecule has 3 rings (SSSR count). The molecule has 4 heteroatoms. The van der Waals surface area contributed by atoms with Gasteiger partial charge in [0.1, 0.15) is 0 Å². The van der Waals surface area contributed by atoms with Gasteiger partial charge in [0.15, 0.2) is 0 Å². The maximum Gasteiger partial charge on any atom is 1.00 e. The number of aryl methyl sites for hydroxylation is 1. The average molecular weight is 449 g/mol. The molecule has 156 valence electrons. The van der Waals surface area contributed by atoms with E-state index in [0.717, 1.165) is 28.9 Å². The van der Waals surface area contributed by atoms with E-state index in [9.17, 15) is 9.90 Å². The van der Waals surface area contributed by atoms with Crippen LogP contribution in [0.4, 0.5) is 0 Å². The van der Waals surface area contributed by atoms with Crippen LogP contribution in [0.1, 0.15) is 98.2 Å². The fourth-order valence-electron chi connectivity index (χ4n) is 4.27. The number of carboxylic acid groups (broad SMARTS) is 1. The molecule has 0 aliphatic carbocycles. The van der Waals surface area contributed by atoms with Crippen molar-refractivity contribution in [3.05, 3.63) is 58.7 Å². The summed E-state index contributed by atoms with van der Waals surface area (Å²) in [6.45, 7) is 2.26. The Balaban J connectivity index is 0.00000320. The molecule has 2 aromatic carbocycles. The smallest absolute Gasteiger partial charge is 0.545 e. The fraction of sp³-hybridized carbons (Fsp3) is 0.500. The first kappa shape index (κ1) is 26.2. The second kappa shape index (κ2) is 14.1. The zero-order valence-electron chi connectivity index (χ0n) is 18.7. The van der Waals surface area contributed by atoms with Crippen LogP contribution in [0.25, 0.3) is 0 Å². The standard InChI is InChI=1S/C26H34O2S.K/c1-2-3-4-5-6-7-8-9-10-11-14-20-17-18-24-22(25(20)26(27)28)19-21-15-12-13-16-23(21)29-24;/h12-13,15-18H,2-11,14,19H2,1H3,(H,27,28);/q;+1/p-1. The van der Waals surface area contributed by atoms with E-state index >= 15 is 0 Å². The van der Waals surface area contributed by atoms with Crippen molar-refractivity contribution < 1.29 is 61.3 Å². The molecule has 0 unspecified atom stereocenters. The zero-order valence-corrected chi connectivity index (χ0v) is 22.6. The van der Waals surface area contributed by atoms with Gasteiger partial charge in [-0.3, -0.25) is 0 Å². The summed E-state index contributed by atoms with van der Waals surface area (Å²) in [6.07, 6.45) is 14.4. The van der Waals surface area contributed by atoms with E-state index in [1.54, 1.807) is 11.8 Å². The van der Waals surface area contributed by atoms with Gasteiger partial charge < -0.3 is 9.90 Å². The average Bonchev–Trinajstić information content (AvgIpc) is 2.73. The molecule has 0 aromatic heterocycles. The minimum atomic E-state index is -1.02. The van der Waals surface area contributed by atoms with Crippen molar-refractivity contribution in [1.82, 2.24) is 0 Å². The molecule has 0 N–H and O–H groups in total. The Hall–Kier alpha value is -0.104. The van der Waals surface area contributed by atoms with E-state index in [2.05, 4.69) is 25.1 Å². The number of fused-ring (bicyclic) bond motifs is 2. The van der Waals surface area contributed by atoms with Crippen molar-refractivity contribution in [2.75, 3.05) is 0 Å². The van der Waals surface area contributed by atoms with Crippen LogP contribution in [-0.4, -0.2) is 5.97 Å². The van der Waals surface area contributed by atoms with Crippen LogP contribution in [0.5, 0.6) is 0 Å². The molecule has 0 saturated heterocycles. The molecule has 2 aromatic rings. The van der Waals surface area contributed by atoms with Crippen molar-refractivity contribution in [1.29, 1.82) is 0 Å². The molecule has 0 atom stereocenters. The van der Waals surface area contributed by atoms with Gasteiger partial charge in [0.2, 0.25) is 0 Å². The van der Waals surface area contributed by atoms with Crippen LogP contribution in [0.3, 0.4) is 0 Å². The molecular weight excluding hydrogens is 415 g/mol. The van der Waals surface area contributed by atoms with Crippen LogP contribution < -0.4 is 56.5 Å². The predicted octanol–water partition coefficient (Wildman–Crippen LogP) is 3.57. The van der Waals surface area contributed by atoms with Crippen molar-refractivity contribution in [2.24, 2.45) is 0 Å². The van der Waals surface area contributed by atoms with Crippen molar-refractivity contribution in [3.63, 3.8) is 0 Å². The Labute approximate surface area is 229 Å². The molecular formula is C26H33KO2S. The molecule has 0 bridgehead atoms. The SMILES string of the molecule is CCCCCCCCCCCCc1ccc2c(c1C(=O)[O-])Cc1ccccc1S2.[K+]. The van der Waals surface area contributed by atoms with Crippen molar-refractivity contribution in [3.8, 4) is 0 Å². The number of hydrogen-bond acceptors (Lipinski definition) is 3. The quantitative estimate of drug-likeness (QED) is 0.314. The van der Waals surface area contributed by atoms with Crippen LogP contribution in [0.2, 0.25) is 0 Å². The van der Waals surface area contributed by atoms with Gasteiger partial charge in [0.05, 0.1) is 5.97 Å². The van der Waals surface area contributed by atoms with Crippen LogP contribution in [0, 0.1) is 0 Å². The Morgan fingerprint density at radius 2 is 1.50 bits per heavy atom. The summed E-state index contributed by atoms with van der Waals surface area (Å²) in [5, 5.41) is 12.0. The van der Waals surface area contributed by atoms with Gasteiger partial charge in [-0.1, -0.05) is 101 Å². The van der Waals surface area contributed by atoms with Crippen LogP contribution in [0.15, 0.2) is 46.2 Å². The van der Waals surface area contributed by atoms with Gasteiger partial charge in [-0.15, -0.1) is 0 Å². The molecule has 0 saturated carbocycles. The number of aromatic carboxylic acids is 1. The third kappa shape index (κ3) is 7.49. The van der Waals surface area contributed by atoms with Crippen LogP contribution in [-0.2, 0) is 12.8 Å². The number of hydrogen-bond donors (Lipinski definition) is 0. The zero-order chi connectivity index (χ0) is 20.5. The Kier molecular flexibility index (Phi) is 12.3. The van der Waals surface area contributed by atoms with Gasteiger partial charge in [-0.25, -0.2) is 0 Å². The summed E-state index contributed by atoms with van der Waals surface area (Å²) >= 11 is 1.68. The van der Waals surface area contributed by atoms with E-state index in [4.69, 9.17) is 0 Å². The van der Waals surface area contributed by atoms with E-state index < -0.39 is 5.97 Å². The Morgan fingerprint density at radius 3 is 2.17 bits per heavy atom. The van der Waals surface area contributed by atoms with Crippen LogP contribution >= 0.6 is 11.8 Å². The van der Waals surface area contributed by atoms with Gasteiger partial charge in [0.25, 0.3) is 0 Å². The molecule has 1 heterocycles. The van der Waals surface area contributed by atoms with Gasteiger partial charge in [-0.2, -0.15) is 0 Å². The second-order valence-electron chi connectivity index (χ2n) is 8.18. The first-order chi connectivity index (χ1) is 14.2. The topological polar surface area (TPSA) is 40.1 Å². The second-order valence-corrected chi connectivity index (χ2v) is 9.27. The number of carboxylic acids is 1. The normalized spacial score (nSPS) is 12.0. The molecule has 0 radical (unpaired) electrons.